The van der Waals surface area contributed by atoms with E-state index in [0.29, 0.717) is 31.5 Å². The van der Waals surface area contributed by atoms with Crippen molar-refractivity contribution in [2.45, 2.75) is 17.7 Å². The number of sulfonamides is 1. The zero-order chi connectivity index (χ0) is 18.4. The molecule has 1 fully saturated rings. The third kappa shape index (κ3) is 4.67. The summed E-state index contributed by atoms with van der Waals surface area (Å²) in [4.78, 5) is 26.0. The zero-order valence-electron chi connectivity index (χ0n) is 14.2. The van der Waals surface area contributed by atoms with Gasteiger partial charge in [-0.25, -0.2) is 13.1 Å². The van der Waals surface area contributed by atoms with Gasteiger partial charge in [-0.2, -0.15) is 0 Å². The largest absolute Gasteiger partial charge is 0.359 e. The van der Waals surface area contributed by atoms with E-state index in [-0.39, 0.29) is 29.2 Å². The Kier molecular flexibility index (Phi) is 6.33. The number of likely N-dealkylation sites (tertiary alicyclic amines) is 1. The first kappa shape index (κ1) is 19.1. The Labute approximate surface area is 148 Å². The topological polar surface area (TPSA) is 95.6 Å². The molecule has 7 nitrogen and oxygen atoms in total. The van der Waals surface area contributed by atoms with Crippen molar-refractivity contribution < 1.29 is 18.0 Å². The highest BCUT2D eigenvalue weighted by Gasteiger charge is 2.27. The molecule has 0 radical (unpaired) electrons. The first-order valence-corrected chi connectivity index (χ1v) is 9.59. The Bertz CT molecular complexity index is 753. The number of carbonyl (C=O) groups excluding carboxylic acids is 2. The van der Waals surface area contributed by atoms with Gasteiger partial charge in [-0.15, -0.1) is 6.58 Å². The minimum Gasteiger partial charge on any atom is -0.359 e. The summed E-state index contributed by atoms with van der Waals surface area (Å²) in [6, 6.07) is 5.96. The van der Waals surface area contributed by atoms with Crippen molar-refractivity contribution in [2.24, 2.45) is 5.92 Å². The number of piperidine rings is 1. The number of benzene rings is 1. The molecule has 0 unspecified atom stereocenters. The Hall–Kier alpha value is -2.19. The Morgan fingerprint density at radius 1 is 1.32 bits per heavy atom. The van der Waals surface area contributed by atoms with Crippen molar-refractivity contribution in [1.82, 2.24) is 14.9 Å². The van der Waals surface area contributed by atoms with E-state index < -0.39 is 10.0 Å². The highest BCUT2D eigenvalue weighted by Crippen LogP contribution is 2.20. The maximum atomic E-state index is 12.6. The normalized spacial score (nSPS) is 15.6. The molecule has 8 heteroatoms. The Morgan fingerprint density at radius 3 is 2.60 bits per heavy atom. The van der Waals surface area contributed by atoms with Gasteiger partial charge in [-0.3, -0.25) is 9.59 Å². The van der Waals surface area contributed by atoms with E-state index in [2.05, 4.69) is 16.6 Å². The molecule has 0 saturated carbocycles. The summed E-state index contributed by atoms with van der Waals surface area (Å²) >= 11 is 0. The van der Waals surface area contributed by atoms with Gasteiger partial charge in [0.15, 0.2) is 0 Å². The fourth-order valence-electron chi connectivity index (χ4n) is 2.78. The standard InChI is InChI=1S/C17H23N3O4S/c1-3-9-19-25(23,24)15-6-4-5-14(12-15)17(22)20-10-7-13(8-11-20)16(21)18-2/h3-6,12-13,19H,1,7-11H2,2H3,(H,18,21). The van der Waals surface area contributed by atoms with Crippen LogP contribution in [0.2, 0.25) is 0 Å². The van der Waals surface area contributed by atoms with Crippen LogP contribution in [0.3, 0.4) is 0 Å². The van der Waals surface area contributed by atoms with Gasteiger partial charge >= 0.3 is 0 Å². The van der Waals surface area contributed by atoms with Crippen LogP contribution in [0.4, 0.5) is 0 Å². The Morgan fingerprint density at radius 2 is 2.00 bits per heavy atom. The van der Waals surface area contributed by atoms with Crippen LogP contribution in [0.1, 0.15) is 23.2 Å². The molecule has 0 aliphatic carbocycles. The number of nitrogens with zero attached hydrogens (tertiary/aromatic N) is 1. The minimum atomic E-state index is -3.68. The van der Waals surface area contributed by atoms with Crippen LogP contribution >= 0.6 is 0 Å². The van der Waals surface area contributed by atoms with Gasteiger partial charge in [0.2, 0.25) is 15.9 Å². The molecule has 1 aliphatic heterocycles. The van der Waals surface area contributed by atoms with E-state index in [4.69, 9.17) is 0 Å². The van der Waals surface area contributed by atoms with Gasteiger partial charge in [-0.05, 0) is 31.0 Å². The molecular formula is C17H23N3O4S. The average Bonchev–Trinajstić information content (AvgIpc) is 2.65. The van der Waals surface area contributed by atoms with Crippen LogP contribution in [-0.2, 0) is 14.8 Å². The lowest BCUT2D eigenvalue weighted by Gasteiger charge is -2.31. The molecule has 0 aromatic heterocycles. The molecule has 0 spiro atoms. The van der Waals surface area contributed by atoms with Crippen LogP contribution in [0.5, 0.6) is 0 Å². The molecule has 136 valence electrons. The Balaban J connectivity index is 2.09. The molecule has 1 aliphatic rings. The van der Waals surface area contributed by atoms with Gasteiger partial charge in [0.05, 0.1) is 4.90 Å². The predicted octanol–water partition coefficient (Wildman–Crippen LogP) is 0.749. The van der Waals surface area contributed by atoms with Gasteiger partial charge in [0.1, 0.15) is 0 Å². The summed E-state index contributed by atoms with van der Waals surface area (Å²) in [5.41, 5.74) is 0.319. The number of rotatable bonds is 6. The predicted molar refractivity (Wildman–Crippen MR) is 94.5 cm³/mol. The van der Waals surface area contributed by atoms with Crippen molar-refractivity contribution in [3.8, 4) is 0 Å². The van der Waals surface area contributed by atoms with Crippen molar-refractivity contribution in [3.63, 3.8) is 0 Å². The number of amides is 2. The van der Waals surface area contributed by atoms with E-state index in [1.807, 2.05) is 0 Å². The van der Waals surface area contributed by atoms with Crippen molar-refractivity contribution in [2.75, 3.05) is 26.7 Å². The molecule has 1 aromatic rings. The van der Waals surface area contributed by atoms with Crippen molar-refractivity contribution >= 4 is 21.8 Å². The summed E-state index contributed by atoms with van der Waals surface area (Å²) in [6.07, 6.45) is 2.65. The summed E-state index contributed by atoms with van der Waals surface area (Å²) in [6.45, 7) is 4.54. The highest BCUT2D eigenvalue weighted by molar-refractivity contribution is 7.89. The fraction of sp³-hybridized carbons (Fsp3) is 0.412. The van der Waals surface area contributed by atoms with Gasteiger partial charge < -0.3 is 10.2 Å². The van der Waals surface area contributed by atoms with Crippen LogP contribution in [0.25, 0.3) is 0 Å². The van der Waals surface area contributed by atoms with Gasteiger partial charge in [-0.1, -0.05) is 12.1 Å². The number of carbonyl (C=O) groups is 2. The molecule has 2 N–H and O–H groups in total. The van der Waals surface area contributed by atoms with Crippen LogP contribution in [0.15, 0.2) is 41.8 Å². The fourth-order valence-corrected chi connectivity index (χ4v) is 3.82. The second-order valence-corrected chi connectivity index (χ2v) is 7.62. The molecule has 1 saturated heterocycles. The van der Waals surface area contributed by atoms with Gasteiger partial charge in [0, 0.05) is 38.2 Å². The van der Waals surface area contributed by atoms with Crippen LogP contribution < -0.4 is 10.0 Å². The molecule has 1 heterocycles. The quantitative estimate of drug-likeness (QED) is 0.727. The molecular weight excluding hydrogens is 342 g/mol. The van der Waals surface area contributed by atoms with E-state index in [9.17, 15) is 18.0 Å². The lowest BCUT2D eigenvalue weighted by molar-refractivity contribution is -0.125. The average molecular weight is 365 g/mol. The van der Waals surface area contributed by atoms with E-state index >= 15 is 0 Å². The van der Waals surface area contributed by atoms with Crippen LogP contribution in [0, 0.1) is 5.92 Å². The lowest BCUT2D eigenvalue weighted by Crippen LogP contribution is -2.42. The molecule has 2 rings (SSSR count). The lowest BCUT2D eigenvalue weighted by atomic mass is 9.95. The van der Waals surface area contributed by atoms with E-state index in [1.54, 1.807) is 24.1 Å². The second-order valence-electron chi connectivity index (χ2n) is 5.85. The molecule has 25 heavy (non-hydrogen) atoms. The third-order valence-electron chi connectivity index (χ3n) is 4.21. The summed E-state index contributed by atoms with van der Waals surface area (Å²) in [5.74, 6) is -0.312. The first-order chi connectivity index (χ1) is 11.9. The number of hydrogen-bond acceptors (Lipinski definition) is 4. The second kappa shape index (κ2) is 8.26. The van der Waals surface area contributed by atoms with Gasteiger partial charge in [0.25, 0.3) is 5.91 Å². The SMILES string of the molecule is C=CCNS(=O)(=O)c1cccc(C(=O)N2CCC(C(=O)NC)CC2)c1. The summed E-state index contributed by atoms with van der Waals surface area (Å²) in [5, 5.41) is 2.63. The maximum Gasteiger partial charge on any atom is 0.253 e. The summed E-state index contributed by atoms with van der Waals surface area (Å²) in [7, 11) is -2.07. The zero-order valence-corrected chi connectivity index (χ0v) is 15.0. The molecule has 0 atom stereocenters. The number of hydrogen-bond donors (Lipinski definition) is 2. The minimum absolute atomic E-state index is 0.00603. The monoisotopic (exact) mass is 365 g/mol. The highest BCUT2D eigenvalue weighted by atomic mass is 32.2. The molecule has 1 aromatic carbocycles. The summed E-state index contributed by atoms with van der Waals surface area (Å²) < 4.78 is 26.7. The number of nitrogens with one attached hydrogen (secondary N) is 2. The smallest absolute Gasteiger partial charge is 0.253 e. The van der Waals surface area contributed by atoms with Crippen LogP contribution in [-0.4, -0.2) is 51.8 Å². The molecule has 0 bridgehead atoms. The maximum absolute atomic E-state index is 12.6. The molecule has 2 amide bonds. The van der Waals surface area contributed by atoms with E-state index in [1.165, 1.54) is 18.2 Å². The van der Waals surface area contributed by atoms with Crippen molar-refractivity contribution in [3.05, 3.63) is 42.5 Å². The third-order valence-corrected chi connectivity index (χ3v) is 5.63. The van der Waals surface area contributed by atoms with E-state index in [0.717, 1.165) is 0 Å². The first-order valence-electron chi connectivity index (χ1n) is 8.10. The van der Waals surface area contributed by atoms with Crippen molar-refractivity contribution in [1.29, 1.82) is 0 Å².